The van der Waals surface area contributed by atoms with E-state index in [0.29, 0.717) is 5.56 Å². The van der Waals surface area contributed by atoms with Crippen LogP contribution in [0, 0.1) is 0 Å². The molecule has 7 nitrogen and oxygen atoms in total. The Morgan fingerprint density at radius 1 is 1.43 bits per heavy atom. The molecule has 1 aromatic rings. The molecule has 7 heteroatoms. The lowest BCUT2D eigenvalue weighted by Crippen LogP contribution is -2.46. The number of hydrogen-bond donors (Lipinski definition) is 3. The van der Waals surface area contributed by atoms with Gasteiger partial charge in [0.1, 0.15) is 17.8 Å². The first-order valence-corrected chi connectivity index (χ1v) is 6.78. The number of nitrogens with zero attached hydrogens (tertiary/aromatic N) is 1. The Bertz CT molecular complexity index is 506. The zero-order valence-electron chi connectivity index (χ0n) is 11.9. The predicted octanol–water partition coefficient (Wildman–Crippen LogP) is -0.849. The molecule has 0 aromatic carbocycles. The van der Waals surface area contributed by atoms with Gasteiger partial charge >= 0.3 is 5.97 Å². The van der Waals surface area contributed by atoms with Gasteiger partial charge in [0.05, 0.1) is 12.7 Å². The van der Waals surface area contributed by atoms with Crippen molar-refractivity contribution in [3.05, 3.63) is 30.1 Å². The van der Waals surface area contributed by atoms with Crippen molar-refractivity contribution in [2.24, 2.45) is 0 Å². The maximum atomic E-state index is 11.9. The molecule has 0 unspecified atom stereocenters. The molecule has 116 valence electrons. The molecule has 0 bridgehead atoms. The molecule has 1 aliphatic heterocycles. The van der Waals surface area contributed by atoms with Crippen LogP contribution in [0.4, 0.5) is 0 Å². The molecule has 1 fully saturated rings. The molecule has 0 amide bonds. The summed E-state index contributed by atoms with van der Waals surface area (Å²) in [6, 6.07) is 3.20. The van der Waals surface area contributed by atoms with E-state index >= 15 is 0 Å². The molecule has 0 spiro atoms. The predicted molar refractivity (Wildman–Crippen MR) is 70.2 cm³/mol. The summed E-state index contributed by atoms with van der Waals surface area (Å²) in [7, 11) is 0. The number of carbonyl (C=O) groups excluding carboxylic acids is 1. The van der Waals surface area contributed by atoms with Crippen molar-refractivity contribution in [3.8, 4) is 0 Å². The van der Waals surface area contributed by atoms with Gasteiger partial charge in [-0.1, -0.05) is 0 Å². The Morgan fingerprint density at radius 3 is 2.71 bits per heavy atom. The van der Waals surface area contributed by atoms with E-state index in [0.717, 1.165) is 0 Å². The van der Waals surface area contributed by atoms with Crippen molar-refractivity contribution in [2.75, 3.05) is 6.61 Å². The summed E-state index contributed by atoms with van der Waals surface area (Å²) in [6.45, 7) is 3.10. The summed E-state index contributed by atoms with van der Waals surface area (Å²) in [5.74, 6) is -0.480. The molecule has 4 atom stereocenters. The van der Waals surface area contributed by atoms with Crippen LogP contribution in [-0.4, -0.2) is 52.3 Å². The van der Waals surface area contributed by atoms with Crippen molar-refractivity contribution in [1.82, 2.24) is 0 Å². The summed E-state index contributed by atoms with van der Waals surface area (Å²) >= 11 is 0. The smallest absolute Gasteiger partial charge is 0.344 e. The minimum absolute atomic E-state index is 0.236. The first kappa shape index (κ1) is 15.8. The maximum absolute atomic E-state index is 11.9. The minimum Gasteiger partial charge on any atom is -0.459 e. The van der Waals surface area contributed by atoms with Crippen LogP contribution in [0.3, 0.4) is 0 Å². The van der Waals surface area contributed by atoms with Crippen LogP contribution < -0.4 is 4.57 Å². The number of pyridine rings is 1. The molecule has 2 rings (SSSR count). The fraction of sp³-hybridized carbons (Fsp3) is 0.571. The molecular formula is C14H20NO6+. The second kappa shape index (κ2) is 6.48. The Labute approximate surface area is 122 Å². The van der Waals surface area contributed by atoms with Crippen molar-refractivity contribution in [3.63, 3.8) is 0 Å². The van der Waals surface area contributed by atoms with Gasteiger partial charge in [0.2, 0.25) is 0 Å². The van der Waals surface area contributed by atoms with Gasteiger partial charge < -0.3 is 24.8 Å². The monoisotopic (exact) mass is 298 g/mol. The molecule has 0 radical (unpaired) electrons. The van der Waals surface area contributed by atoms with E-state index in [9.17, 15) is 15.0 Å². The zero-order valence-corrected chi connectivity index (χ0v) is 11.9. The number of esters is 1. The van der Waals surface area contributed by atoms with Gasteiger partial charge in [0.25, 0.3) is 6.23 Å². The van der Waals surface area contributed by atoms with Crippen LogP contribution in [0.15, 0.2) is 24.5 Å². The lowest BCUT2D eigenvalue weighted by Gasteiger charge is -2.11. The molecule has 0 aliphatic carbocycles. The molecule has 2 heterocycles. The SMILES string of the molecule is CC(C)OC(=O)c1ccc[n+]([C@@H]2O[C@H](CO)[C@@H](O)[C@H]2O)c1. The molecule has 21 heavy (non-hydrogen) atoms. The number of ether oxygens (including phenoxy) is 2. The maximum Gasteiger partial charge on any atom is 0.344 e. The highest BCUT2D eigenvalue weighted by Gasteiger charge is 2.48. The number of rotatable bonds is 4. The third-order valence-corrected chi connectivity index (χ3v) is 3.21. The number of aromatic nitrogens is 1. The van der Waals surface area contributed by atoms with E-state index in [1.165, 1.54) is 10.8 Å². The fourth-order valence-corrected chi connectivity index (χ4v) is 2.18. The third-order valence-electron chi connectivity index (χ3n) is 3.21. The highest BCUT2D eigenvalue weighted by atomic mass is 16.6. The number of aliphatic hydroxyl groups is 3. The van der Waals surface area contributed by atoms with Crippen LogP contribution >= 0.6 is 0 Å². The third kappa shape index (κ3) is 3.38. The van der Waals surface area contributed by atoms with E-state index in [1.807, 2.05) is 0 Å². The van der Waals surface area contributed by atoms with Gasteiger partial charge in [0.15, 0.2) is 18.5 Å². The Hall–Kier alpha value is -1.54. The second-order valence-corrected chi connectivity index (χ2v) is 5.22. The summed E-state index contributed by atoms with van der Waals surface area (Å²) in [5, 5.41) is 28.8. The Morgan fingerprint density at radius 2 is 2.14 bits per heavy atom. The van der Waals surface area contributed by atoms with Crippen LogP contribution in [0.1, 0.15) is 30.4 Å². The normalized spacial score (nSPS) is 28.9. The van der Waals surface area contributed by atoms with E-state index < -0.39 is 37.1 Å². The van der Waals surface area contributed by atoms with Gasteiger partial charge in [-0.2, -0.15) is 4.57 Å². The number of aliphatic hydroxyl groups excluding tert-OH is 3. The molecule has 0 saturated carbocycles. The summed E-state index contributed by atoms with van der Waals surface area (Å²) < 4.78 is 12.0. The molecule has 1 aromatic heterocycles. The first-order chi connectivity index (χ1) is 9.93. The minimum atomic E-state index is -1.19. The fourth-order valence-electron chi connectivity index (χ4n) is 2.18. The quantitative estimate of drug-likeness (QED) is 0.494. The zero-order chi connectivity index (χ0) is 15.6. The van der Waals surface area contributed by atoms with Crippen molar-refractivity contribution >= 4 is 5.97 Å². The molecule has 1 saturated heterocycles. The van der Waals surface area contributed by atoms with E-state index in [4.69, 9.17) is 14.6 Å². The largest absolute Gasteiger partial charge is 0.459 e. The van der Waals surface area contributed by atoms with Crippen LogP contribution in [0.2, 0.25) is 0 Å². The van der Waals surface area contributed by atoms with E-state index in [1.54, 1.807) is 32.2 Å². The Balaban J connectivity index is 2.20. The van der Waals surface area contributed by atoms with Gasteiger partial charge in [-0.15, -0.1) is 0 Å². The summed E-state index contributed by atoms with van der Waals surface area (Å²) in [4.78, 5) is 11.9. The highest BCUT2D eigenvalue weighted by molar-refractivity contribution is 5.88. The summed E-state index contributed by atoms with van der Waals surface area (Å²) in [6.07, 6.45) is -1.26. The van der Waals surface area contributed by atoms with Crippen molar-refractivity contribution in [2.45, 2.75) is 44.5 Å². The molecular weight excluding hydrogens is 278 g/mol. The van der Waals surface area contributed by atoms with Crippen LogP contribution in [-0.2, 0) is 9.47 Å². The van der Waals surface area contributed by atoms with Gasteiger partial charge in [0, 0.05) is 6.07 Å². The van der Waals surface area contributed by atoms with Crippen molar-refractivity contribution in [1.29, 1.82) is 0 Å². The van der Waals surface area contributed by atoms with Crippen LogP contribution in [0.25, 0.3) is 0 Å². The van der Waals surface area contributed by atoms with Gasteiger partial charge in [-0.3, -0.25) is 0 Å². The highest BCUT2D eigenvalue weighted by Crippen LogP contribution is 2.25. The van der Waals surface area contributed by atoms with E-state index in [2.05, 4.69) is 0 Å². The molecule has 3 N–H and O–H groups in total. The van der Waals surface area contributed by atoms with Gasteiger partial charge in [-0.05, 0) is 19.9 Å². The summed E-state index contributed by atoms with van der Waals surface area (Å²) in [5.41, 5.74) is 0.309. The molecule has 1 aliphatic rings. The number of hydrogen-bond acceptors (Lipinski definition) is 6. The van der Waals surface area contributed by atoms with Crippen LogP contribution in [0.5, 0.6) is 0 Å². The average molecular weight is 298 g/mol. The second-order valence-electron chi connectivity index (χ2n) is 5.22. The average Bonchev–Trinajstić information content (AvgIpc) is 2.74. The van der Waals surface area contributed by atoms with E-state index in [-0.39, 0.29) is 6.10 Å². The van der Waals surface area contributed by atoms with Crippen molar-refractivity contribution < 1.29 is 34.2 Å². The Kier molecular flexibility index (Phi) is 4.89. The first-order valence-electron chi connectivity index (χ1n) is 6.78. The lowest BCUT2D eigenvalue weighted by molar-refractivity contribution is -0.765. The topological polar surface area (TPSA) is 100 Å². The van der Waals surface area contributed by atoms with Gasteiger partial charge in [-0.25, -0.2) is 4.79 Å². The standard InChI is InChI=1S/C14H20NO6/c1-8(2)20-14(19)9-4-3-5-15(6-9)13-12(18)11(17)10(7-16)21-13/h3-6,8,10-13,16-18H,7H2,1-2H3/q+1/t10-,11-,12-,13-/m1/s1. The number of carbonyl (C=O) groups is 1. The lowest BCUT2D eigenvalue weighted by atomic mass is 10.1.